The van der Waals surface area contributed by atoms with E-state index in [-0.39, 0.29) is 6.04 Å². The van der Waals surface area contributed by atoms with Crippen molar-refractivity contribution in [3.8, 4) is 0 Å². The molecule has 2 aromatic rings. The highest BCUT2D eigenvalue weighted by Gasteiger charge is 2.15. The quantitative estimate of drug-likeness (QED) is 0.626. The van der Waals surface area contributed by atoms with Gasteiger partial charge in [-0.25, -0.2) is 0 Å². The molecule has 0 bridgehead atoms. The Morgan fingerprint density at radius 2 is 2.06 bits per heavy atom. The molecule has 0 aliphatic heterocycles. The lowest BCUT2D eigenvalue weighted by Gasteiger charge is -2.20. The molecule has 0 fully saturated rings. The predicted octanol–water partition coefficient (Wildman–Crippen LogP) is 3.18. The molecule has 2 rings (SSSR count). The van der Waals surface area contributed by atoms with Crippen LogP contribution in [0.2, 0.25) is 0 Å². The second kappa shape index (κ2) is 5.94. The number of pyridine rings is 1. The van der Waals surface area contributed by atoms with Gasteiger partial charge in [0.1, 0.15) is 0 Å². The van der Waals surface area contributed by atoms with Gasteiger partial charge in [0.05, 0.1) is 5.52 Å². The normalized spacial score (nSPS) is 14.6. The molecule has 0 radical (unpaired) electrons. The smallest absolute Gasteiger partial charge is 0.0750 e. The molecular formula is C15H21N3. The molecule has 0 saturated carbocycles. The Balaban J connectivity index is 2.38. The standard InChI is InChI=1S/C15H21N3/c1-3-11(2)10-14(18-16)13-8-4-6-12-7-5-9-17-15(12)13/h4-9,11,14,18H,3,10,16H2,1-2H3. The van der Waals surface area contributed by atoms with Crippen LogP contribution in [0.5, 0.6) is 0 Å². The molecule has 2 unspecified atom stereocenters. The number of benzene rings is 1. The molecular weight excluding hydrogens is 222 g/mol. The van der Waals surface area contributed by atoms with Crippen LogP contribution in [-0.4, -0.2) is 4.98 Å². The van der Waals surface area contributed by atoms with Gasteiger partial charge in [-0.05, 0) is 24.0 Å². The number of hydrogen-bond acceptors (Lipinski definition) is 3. The molecule has 3 N–H and O–H groups in total. The Morgan fingerprint density at radius 1 is 1.28 bits per heavy atom. The van der Waals surface area contributed by atoms with Crippen molar-refractivity contribution in [2.75, 3.05) is 0 Å². The van der Waals surface area contributed by atoms with E-state index in [1.165, 1.54) is 10.9 Å². The van der Waals surface area contributed by atoms with Gasteiger partial charge in [-0.2, -0.15) is 0 Å². The van der Waals surface area contributed by atoms with Crippen molar-refractivity contribution in [3.63, 3.8) is 0 Å². The maximum absolute atomic E-state index is 5.72. The van der Waals surface area contributed by atoms with E-state index in [1.807, 2.05) is 12.3 Å². The van der Waals surface area contributed by atoms with E-state index in [9.17, 15) is 0 Å². The van der Waals surface area contributed by atoms with Gasteiger partial charge >= 0.3 is 0 Å². The highest BCUT2D eigenvalue weighted by atomic mass is 15.2. The molecule has 2 atom stereocenters. The minimum absolute atomic E-state index is 0.165. The van der Waals surface area contributed by atoms with E-state index in [4.69, 9.17) is 5.84 Å². The second-order valence-electron chi connectivity index (χ2n) is 4.89. The summed E-state index contributed by atoms with van der Waals surface area (Å²) in [5.74, 6) is 6.36. The van der Waals surface area contributed by atoms with Crippen molar-refractivity contribution in [1.82, 2.24) is 10.4 Å². The maximum Gasteiger partial charge on any atom is 0.0750 e. The third-order valence-corrected chi connectivity index (χ3v) is 3.58. The summed E-state index contributed by atoms with van der Waals surface area (Å²) in [6.45, 7) is 4.46. The van der Waals surface area contributed by atoms with Crippen LogP contribution in [0.25, 0.3) is 10.9 Å². The molecule has 1 aromatic carbocycles. The van der Waals surface area contributed by atoms with Gasteiger partial charge in [-0.1, -0.05) is 44.5 Å². The molecule has 0 amide bonds. The van der Waals surface area contributed by atoms with Gasteiger partial charge in [0.25, 0.3) is 0 Å². The van der Waals surface area contributed by atoms with Crippen LogP contribution in [-0.2, 0) is 0 Å². The minimum atomic E-state index is 0.165. The largest absolute Gasteiger partial charge is 0.271 e. The summed E-state index contributed by atoms with van der Waals surface area (Å²) in [7, 11) is 0. The third-order valence-electron chi connectivity index (χ3n) is 3.58. The fourth-order valence-electron chi connectivity index (χ4n) is 2.26. The summed E-state index contributed by atoms with van der Waals surface area (Å²) < 4.78 is 0. The zero-order valence-corrected chi connectivity index (χ0v) is 11.1. The van der Waals surface area contributed by atoms with Crippen LogP contribution in [0.15, 0.2) is 36.5 Å². The van der Waals surface area contributed by atoms with Crippen molar-refractivity contribution in [2.24, 2.45) is 11.8 Å². The van der Waals surface area contributed by atoms with Gasteiger partial charge in [-0.15, -0.1) is 0 Å². The average molecular weight is 243 g/mol. The first-order valence-electron chi connectivity index (χ1n) is 6.56. The Hall–Kier alpha value is -1.45. The topological polar surface area (TPSA) is 50.9 Å². The first kappa shape index (κ1) is 13.0. The zero-order chi connectivity index (χ0) is 13.0. The number of para-hydroxylation sites is 1. The van der Waals surface area contributed by atoms with E-state index in [2.05, 4.69) is 48.5 Å². The summed E-state index contributed by atoms with van der Waals surface area (Å²) in [6.07, 6.45) is 4.03. The minimum Gasteiger partial charge on any atom is -0.271 e. The number of hydrogen-bond donors (Lipinski definition) is 2. The second-order valence-corrected chi connectivity index (χ2v) is 4.89. The predicted molar refractivity (Wildman–Crippen MR) is 75.9 cm³/mol. The van der Waals surface area contributed by atoms with Crippen molar-refractivity contribution < 1.29 is 0 Å². The first-order chi connectivity index (χ1) is 8.76. The number of rotatable bonds is 5. The van der Waals surface area contributed by atoms with Gasteiger partial charge in [-0.3, -0.25) is 16.3 Å². The zero-order valence-electron chi connectivity index (χ0n) is 11.1. The van der Waals surface area contributed by atoms with Crippen LogP contribution in [0.4, 0.5) is 0 Å². The lowest BCUT2D eigenvalue weighted by Crippen LogP contribution is -2.29. The molecule has 0 aliphatic rings. The highest BCUT2D eigenvalue weighted by Crippen LogP contribution is 2.27. The molecule has 0 spiro atoms. The first-order valence-corrected chi connectivity index (χ1v) is 6.56. The van der Waals surface area contributed by atoms with Gasteiger partial charge in [0.2, 0.25) is 0 Å². The summed E-state index contributed by atoms with van der Waals surface area (Å²) in [5.41, 5.74) is 5.17. The van der Waals surface area contributed by atoms with Crippen LogP contribution < -0.4 is 11.3 Å². The van der Waals surface area contributed by atoms with Crippen molar-refractivity contribution in [1.29, 1.82) is 0 Å². The van der Waals surface area contributed by atoms with E-state index in [1.54, 1.807) is 0 Å². The average Bonchev–Trinajstić information content (AvgIpc) is 2.44. The number of nitrogens with two attached hydrogens (primary N) is 1. The van der Waals surface area contributed by atoms with Crippen molar-refractivity contribution in [3.05, 3.63) is 42.1 Å². The highest BCUT2D eigenvalue weighted by molar-refractivity contribution is 5.81. The van der Waals surface area contributed by atoms with Crippen LogP contribution in [0.1, 0.15) is 38.3 Å². The SMILES string of the molecule is CCC(C)CC(NN)c1cccc2cccnc12. The van der Waals surface area contributed by atoms with Crippen LogP contribution >= 0.6 is 0 Å². The lowest BCUT2D eigenvalue weighted by molar-refractivity contribution is 0.409. The van der Waals surface area contributed by atoms with E-state index in [0.29, 0.717) is 5.92 Å². The summed E-state index contributed by atoms with van der Waals surface area (Å²) in [5, 5.41) is 1.17. The summed E-state index contributed by atoms with van der Waals surface area (Å²) in [4.78, 5) is 4.49. The Kier molecular flexibility index (Phi) is 4.28. The molecule has 3 nitrogen and oxygen atoms in total. The van der Waals surface area contributed by atoms with Crippen molar-refractivity contribution in [2.45, 2.75) is 32.7 Å². The molecule has 1 heterocycles. The monoisotopic (exact) mass is 243 g/mol. The summed E-state index contributed by atoms with van der Waals surface area (Å²) in [6, 6.07) is 10.5. The van der Waals surface area contributed by atoms with Gasteiger partial charge in [0.15, 0.2) is 0 Å². The van der Waals surface area contributed by atoms with Gasteiger partial charge < -0.3 is 0 Å². The Morgan fingerprint density at radius 3 is 2.78 bits per heavy atom. The number of hydrazine groups is 1. The molecule has 96 valence electrons. The maximum atomic E-state index is 5.72. The fourth-order valence-corrected chi connectivity index (χ4v) is 2.26. The lowest BCUT2D eigenvalue weighted by atomic mass is 9.93. The van der Waals surface area contributed by atoms with Crippen LogP contribution in [0.3, 0.4) is 0 Å². The molecule has 3 heteroatoms. The number of aromatic nitrogens is 1. The van der Waals surface area contributed by atoms with Crippen molar-refractivity contribution >= 4 is 10.9 Å². The van der Waals surface area contributed by atoms with Gasteiger partial charge in [0, 0.05) is 17.6 Å². The number of nitrogens with zero attached hydrogens (tertiary/aromatic N) is 1. The van der Waals surface area contributed by atoms with E-state index < -0.39 is 0 Å². The Bertz CT molecular complexity index is 505. The molecule has 0 saturated heterocycles. The van der Waals surface area contributed by atoms with E-state index in [0.717, 1.165) is 18.4 Å². The Labute approximate surface area is 108 Å². The van der Waals surface area contributed by atoms with Crippen LogP contribution in [0, 0.1) is 5.92 Å². The number of fused-ring (bicyclic) bond motifs is 1. The third kappa shape index (κ3) is 2.68. The molecule has 1 aromatic heterocycles. The molecule has 18 heavy (non-hydrogen) atoms. The van der Waals surface area contributed by atoms with E-state index >= 15 is 0 Å². The summed E-state index contributed by atoms with van der Waals surface area (Å²) >= 11 is 0. The fraction of sp³-hybridized carbons (Fsp3) is 0.400. The number of nitrogens with one attached hydrogen (secondary N) is 1. The molecule has 0 aliphatic carbocycles.